The molecule has 0 saturated carbocycles. The normalized spacial score (nSPS) is 10.3. The number of aromatic nitrogens is 1. The van der Waals surface area contributed by atoms with Crippen molar-refractivity contribution in [2.45, 2.75) is 27.7 Å². The lowest BCUT2D eigenvalue weighted by Crippen LogP contribution is -2.36. The first kappa shape index (κ1) is 8.25. The Balaban J connectivity index is 3.46. The number of rotatable bonds is 0. The first-order valence-corrected chi connectivity index (χ1v) is 3.97. The second-order valence-corrected chi connectivity index (χ2v) is 3.24. The van der Waals surface area contributed by atoms with Gasteiger partial charge in [0.05, 0.1) is 0 Å². The average Bonchev–Trinajstić information content (AvgIpc) is 1.97. The number of aryl methyl sites for hydroxylation is 2. The molecule has 0 amide bonds. The largest absolute Gasteiger partial charge is 0.203 e. The van der Waals surface area contributed by atoms with Crippen LogP contribution in [0.25, 0.3) is 0 Å². The Labute approximate surface area is 68.7 Å². The van der Waals surface area contributed by atoms with Gasteiger partial charge in [-0.15, -0.1) is 0 Å². The molecule has 11 heavy (non-hydrogen) atoms. The van der Waals surface area contributed by atoms with E-state index >= 15 is 0 Å². The molecule has 1 heteroatoms. The summed E-state index contributed by atoms with van der Waals surface area (Å²) >= 11 is 0. The van der Waals surface area contributed by atoms with Crippen LogP contribution >= 0.6 is 0 Å². The Morgan fingerprint density at radius 3 is 2.18 bits per heavy atom. The molecule has 0 N–H and O–H groups in total. The van der Waals surface area contributed by atoms with Gasteiger partial charge in [-0.3, -0.25) is 0 Å². The summed E-state index contributed by atoms with van der Waals surface area (Å²) in [5.41, 5.74) is 5.48. The average molecular weight is 150 g/mol. The molecule has 1 nitrogen and oxygen atoms in total. The maximum Gasteiger partial charge on any atom is 0.181 e. The van der Waals surface area contributed by atoms with Crippen molar-refractivity contribution in [3.05, 3.63) is 28.6 Å². The van der Waals surface area contributed by atoms with Crippen molar-refractivity contribution in [2.75, 3.05) is 0 Å². The van der Waals surface area contributed by atoms with Crippen LogP contribution in [0.1, 0.15) is 22.5 Å². The van der Waals surface area contributed by atoms with Crippen LogP contribution in [0.15, 0.2) is 6.07 Å². The molecule has 0 aliphatic heterocycles. The highest BCUT2D eigenvalue weighted by Crippen LogP contribution is 2.08. The van der Waals surface area contributed by atoms with Crippen LogP contribution in [-0.4, -0.2) is 0 Å². The molecule has 1 heterocycles. The van der Waals surface area contributed by atoms with Gasteiger partial charge in [-0.2, -0.15) is 0 Å². The van der Waals surface area contributed by atoms with Crippen LogP contribution in [-0.2, 0) is 7.05 Å². The van der Waals surface area contributed by atoms with Crippen LogP contribution in [0.4, 0.5) is 0 Å². The van der Waals surface area contributed by atoms with Gasteiger partial charge in [0.1, 0.15) is 7.05 Å². The number of hydrogen-bond acceptors (Lipinski definition) is 0. The van der Waals surface area contributed by atoms with Crippen LogP contribution < -0.4 is 4.57 Å². The van der Waals surface area contributed by atoms with Crippen LogP contribution in [0, 0.1) is 27.7 Å². The first-order chi connectivity index (χ1) is 5.04. The molecule has 1 aromatic rings. The number of pyridine rings is 1. The molecular formula is C10H16N+. The van der Waals surface area contributed by atoms with E-state index in [9.17, 15) is 0 Å². The molecule has 0 fully saturated rings. The molecule has 0 aromatic carbocycles. The lowest BCUT2D eigenvalue weighted by atomic mass is 10.1. The van der Waals surface area contributed by atoms with Gasteiger partial charge in [-0.1, -0.05) is 0 Å². The van der Waals surface area contributed by atoms with Gasteiger partial charge in [0.15, 0.2) is 11.4 Å². The lowest BCUT2D eigenvalue weighted by Gasteiger charge is -2.04. The fraction of sp³-hybridized carbons (Fsp3) is 0.500. The summed E-state index contributed by atoms with van der Waals surface area (Å²) in [7, 11) is 2.11. The van der Waals surface area contributed by atoms with Gasteiger partial charge in [0.2, 0.25) is 0 Å². The molecule has 0 saturated heterocycles. The van der Waals surface area contributed by atoms with Gasteiger partial charge < -0.3 is 0 Å². The Bertz CT molecular complexity index is 261. The number of hydrogen-bond donors (Lipinski definition) is 0. The van der Waals surface area contributed by atoms with Gasteiger partial charge in [0, 0.05) is 25.5 Å². The van der Waals surface area contributed by atoms with E-state index in [1.54, 1.807) is 0 Å². The number of nitrogens with zero attached hydrogens (tertiary/aromatic N) is 1. The lowest BCUT2D eigenvalue weighted by molar-refractivity contribution is -0.684. The van der Waals surface area contributed by atoms with E-state index in [2.05, 4.69) is 45.4 Å². The molecule has 0 atom stereocenters. The third kappa shape index (κ3) is 1.28. The van der Waals surface area contributed by atoms with Crippen molar-refractivity contribution in [1.82, 2.24) is 0 Å². The minimum atomic E-state index is 1.32. The first-order valence-electron chi connectivity index (χ1n) is 3.97. The Kier molecular flexibility index (Phi) is 1.99. The summed E-state index contributed by atoms with van der Waals surface area (Å²) in [6, 6.07) is 2.22. The molecule has 0 bridgehead atoms. The maximum absolute atomic E-state index is 2.22. The summed E-state index contributed by atoms with van der Waals surface area (Å²) in [6.45, 7) is 8.63. The molecular weight excluding hydrogens is 134 g/mol. The Morgan fingerprint density at radius 1 is 1.09 bits per heavy atom. The third-order valence-corrected chi connectivity index (χ3v) is 2.59. The summed E-state index contributed by atoms with van der Waals surface area (Å²) < 4.78 is 2.22. The molecule has 60 valence electrons. The van der Waals surface area contributed by atoms with E-state index in [1.807, 2.05) is 0 Å². The van der Waals surface area contributed by atoms with Crippen LogP contribution in [0.3, 0.4) is 0 Å². The van der Waals surface area contributed by atoms with E-state index in [4.69, 9.17) is 0 Å². The minimum absolute atomic E-state index is 1.32. The van der Waals surface area contributed by atoms with Crippen molar-refractivity contribution >= 4 is 0 Å². The quantitative estimate of drug-likeness (QED) is 0.496. The van der Waals surface area contributed by atoms with Crippen molar-refractivity contribution < 1.29 is 4.57 Å². The van der Waals surface area contributed by atoms with E-state index in [0.29, 0.717) is 0 Å². The van der Waals surface area contributed by atoms with Gasteiger partial charge >= 0.3 is 0 Å². The zero-order valence-electron chi connectivity index (χ0n) is 8.02. The highest BCUT2D eigenvalue weighted by atomic mass is 14.9. The second-order valence-electron chi connectivity index (χ2n) is 3.24. The molecule has 1 rings (SSSR count). The smallest absolute Gasteiger partial charge is 0.181 e. The summed E-state index contributed by atoms with van der Waals surface area (Å²) in [5.74, 6) is 0. The van der Waals surface area contributed by atoms with Crippen molar-refractivity contribution in [1.29, 1.82) is 0 Å². The monoisotopic (exact) mass is 150 g/mol. The fourth-order valence-corrected chi connectivity index (χ4v) is 1.32. The molecule has 0 radical (unpaired) electrons. The van der Waals surface area contributed by atoms with Crippen LogP contribution in [0.2, 0.25) is 0 Å². The fourth-order valence-electron chi connectivity index (χ4n) is 1.32. The highest BCUT2D eigenvalue weighted by Gasteiger charge is 2.09. The summed E-state index contributed by atoms with van der Waals surface area (Å²) in [6.07, 6.45) is 0. The Hall–Kier alpha value is -0.850. The molecule has 0 spiro atoms. The topological polar surface area (TPSA) is 3.88 Å². The molecule has 1 aromatic heterocycles. The van der Waals surface area contributed by atoms with E-state index in [0.717, 1.165) is 0 Å². The van der Waals surface area contributed by atoms with E-state index < -0.39 is 0 Å². The highest BCUT2D eigenvalue weighted by molar-refractivity contribution is 5.25. The van der Waals surface area contributed by atoms with Gasteiger partial charge in [-0.05, 0) is 19.4 Å². The SMILES string of the molecule is Cc1cc(C)[n+](C)c(C)c1C. The van der Waals surface area contributed by atoms with E-state index in [-0.39, 0.29) is 0 Å². The predicted octanol–water partition coefficient (Wildman–Crippen LogP) is 1.74. The van der Waals surface area contributed by atoms with Crippen LogP contribution in [0.5, 0.6) is 0 Å². The molecule has 0 aliphatic rings. The predicted molar refractivity (Wildman–Crippen MR) is 46.6 cm³/mol. The molecule has 0 aliphatic carbocycles. The summed E-state index contributed by atoms with van der Waals surface area (Å²) in [4.78, 5) is 0. The van der Waals surface area contributed by atoms with Gasteiger partial charge in [-0.25, -0.2) is 4.57 Å². The zero-order chi connectivity index (χ0) is 8.59. The third-order valence-electron chi connectivity index (χ3n) is 2.59. The minimum Gasteiger partial charge on any atom is -0.203 e. The van der Waals surface area contributed by atoms with E-state index in [1.165, 1.54) is 22.5 Å². The summed E-state index contributed by atoms with van der Waals surface area (Å²) in [5, 5.41) is 0. The van der Waals surface area contributed by atoms with Gasteiger partial charge in [0.25, 0.3) is 0 Å². The maximum atomic E-state index is 2.22. The molecule has 0 unspecified atom stereocenters. The van der Waals surface area contributed by atoms with Crippen molar-refractivity contribution in [3.63, 3.8) is 0 Å². The van der Waals surface area contributed by atoms with Crippen molar-refractivity contribution in [2.24, 2.45) is 7.05 Å². The second kappa shape index (κ2) is 2.65. The zero-order valence-corrected chi connectivity index (χ0v) is 8.02. The standard InChI is InChI=1S/C10H16N/c1-7-6-8(2)11(5)10(4)9(7)3/h6H,1-5H3/q+1. The van der Waals surface area contributed by atoms with Crippen molar-refractivity contribution in [3.8, 4) is 0 Å². The Morgan fingerprint density at radius 2 is 1.64 bits per heavy atom.